The standard InChI is InChI=1S/C25H23NO2/c1-25(14-27,15-28)26-13-22-19-8-3-2-7-18(19)20-11-9-16-5-4-6-17-10-12-21(22)24(20)23(16)17/h2-12,26-28H,13-15H2,1H3. The third kappa shape index (κ3) is 2.48. The van der Waals surface area contributed by atoms with Crippen LogP contribution >= 0.6 is 0 Å². The summed E-state index contributed by atoms with van der Waals surface area (Å²) in [5.41, 5.74) is 0.486. The molecule has 0 heterocycles. The van der Waals surface area contributed by atoms with E-state index >= 15 is 0 Å². The normalized spacial score (nSPS) is 12.7. The molecule has 0 saturated heterocycles. The SMILES string of the molecule is CC(CO)(CO)NCc1c2ccccc2c2ccc3cccc4ccc1c2c43. The fourth-order valence-corrected chi connectivity index (χ4v) is 4.34. The third-order valence-corrected chi connectivity index (χ3v) is 6.03. The van der Waals surface area contributed by atoms with Gasteiger partial charge in [0, 0.05) is 6.54 Å². The van der Waals surface area contributed by atoms with E-state index in [2.05, 4.69) is 72.0 Å². The summed E-state index contributed by atoms with van der Waals surface area (Å²) in [6.45, 7) is 2.18. The van der Waals surface area contributed by atoms with Gasteiger partial charge in [-0.2, -0.15) is 0 Å². The number of aliphatic hydroxyl groups is 2. The van der Waals surface area contributed by atoms with Gasteiger partial charge in [0.15, 0.2) is 0 Å². The lowest BCUT2D eigenvalue weighted by Gasteiger charge is -2.27. The van der Waals surface area contributed by atoms with Gasteiger partial charge in [-0.25, -0.2) is 0 Å². The van der Waals surface area contributed by atoms with E-state index in [1.54, 1.807) is 0 Å². The molecule has 0 spiro atoms. The molecule has 28 heavy (non-hydrogen) atoms. The molecule has 0 aliphatic heterocycles. The molecule has 0 amide bonds. The van der Waals surface area contributed by atoms with E-state index in [9.17, 15) is 10.2 Å². The van der Waals surface area contributed by atoms with Crippen LogP contribution < -0.4 is 5.32 Å². The number of aliphatic hydroxyl groups excluding tert-OH is 2. The Labute approximate surface area is 163 Å². The highest BCUT2D eigenvalue weighted by Gasteiger charge is 2.23. The largest absolute Gasteiger partial charge is 0.394 e. The molecule has 5 aromatic rings. The Morgan fingerprint density at radius 1 is 0.679 bits per heavy atom. The first kappa shape index (κ1) is 17.4. The van der Waals surface area contributed by atoms with Crippen LogP contribution in [-0.4, -0.2) is 29.0 Å². The van der Waals surface area contributed by atoms with Crippen LogP contribution in [0.5, 0.6) is 0 Å². The minimum absolute atomic E-state index is 0.118. The van der Waals surface area contributed by atoms with Crippen molar-refractivity contribution in [3.63, 3.8) is 0 Å². The van der Waals surface area contributed by atoms with Gasteiger partial charge in [0.05, 0.1) is 18.8 Å². The van der Waals surface area contributed by atoms with Crippen LogP contribution in [0.4, 0.5) is 0 Å². The molecule has 5 aromatic carbocycles. The van der Waals surface area contributed by atoms with Crippen LogP contribution in [-0.2, 0) is 6.54 Å². The fourth-order valence-electron chi connectivity index (χ4n) is 4.34. The zero-order valence-electron chi connectivity index (χ0n) is 15.9. The van der Waals surface area contributed by atoms with E-state index in [0.29, 0.717) is 6.54 Å². The van der Waals surface area contributed by atoms with Gasteiger partial charge in [-0.15, -0.1) is 0 Å². The van der Waals surface area contributed by atoms with Crippen LogP contribution in [0.2, 0.25) is 0 Å². The van der Waals surface area contributed by atoms with Crippen LogP contribution in [0.15, 0.2) is 66.7 Å². The van der Waals surface area contributed by atoms with Crippen molar-refractivity contribution in [3.8, 4) is 0 Å². The summed E-state index contributed by atoms with van der Waals surface area (Å²) < 4.78 is 0. The van der Waals surface area contributed by atoms with Crippen molar-refractivity contribution in [2.75, 3.05) is 13.2 Å². The molecule has 0 saturated carbocycles. The Kier molecular flexibility index (Phi) is 3.98. The molecule has 0 radical (unpaired) electrons. The van der Waals surface area contributed by atoms with Crippen LogP contribution in [0.3, 0.4) is 0 Å². The second-order valence-electron chi connectivity index (χ2n) is 7.94. The molecule has 0 aliphatic carbocycles. The molecule has 0 aromatic heterocycles. The summed E-state index contributed by atoms with van der Waals surface area (Å²) in [5, 5.41) is 32.8. The van der Waals surface area contributed by atoms with Gasteiger partial charge in [-0.3, -0.25) is 0 Å². The quantitative estimate of drug-likeness (QED) is 0.314. The molecular weight excluding hydrogens is 346 g/mol. The van der Waals surface area contributed by atoms with Crippen molar-refractivity contribution in [1.29, 1.82) is 0 Å². The summed E-state index contributed by atoms with van der Waals surface area (Å²) in [5.74, 6) is 0. The Morgan fingerprint density at radius 2 is 1.32 bits per heavy atom. The molecule has 0 fully saturated rings. The van der Waals surface area contributed by atoms with Crippen molar-refractivity contribution in [1.82, 2.24) is 5.32 Å². The van der Waals surface area contributed by atoms with Crippen molar-refractivity contribution in [2.24, 2.45) is 0 Å². The van der Waals surface area contributed by atoms with Crippen molar-refractivity contribution < 1.29 is 10.2 Å². The predicted molar refractivity (Wildman–Crippen MR) is 117 cm³/mol. The highest BCUT2D eigenvalue weighted by molar-refractivity contribution is 6.30. The fraction of sp³-hybridized carbons (Fsp3) is 0.200. The van der Waals surface area contributed by atoms with E-state index in [-0.39, 0.29) is 13.2 Å². The third-order valence-electron chi connectivity index (χ3n) is 6.03. The Balaban J connectivity index is 1.87. The maximum absolute atomic E-state index is 9.69. The van der Waals surface area contributed by atoms with Gasteiger partial charge in [0.2, 0.25) is 0 Å². The first-order chi connectivity index (χ1) is 13.6. The van der Waals surface area contributed by atoms with Gasteiger partial charge in [-0.1, -0.05) is 66.7 Å². The van der Waals surface area contributed by atoms with Crippen LogP contribution in [0.25, 0.3) is 43.1 Å². The summed E-state index contributed by atoms with van der Waals surface area (Å²) in [4.78, 5) is 0. The topological polar surface area (TPSA) is 52.5 Å². The maximum atomic E-state index is 9.69. The lowest BCUT2D eigenvalue weighted by molar-refractivity contribution is 0.103. The molecule has 3 nitrogen and oxygen atoms in total. The number of rotatable bonds is 5. The first-order valence-corrected chi connectivity index (χ1v) is 9.69. The van der Waals surface area contributed by atoms with Crippen molar-refractivity contribution in [2.45, 2.75) is 19.0 Å². The number of benzene rings is 5. The van der Waals surface area contributed by atoms with E-state index in [0.717, 1.165) is 0 Å². The lowest BCUT2D eigenvalue weighted by atomic mass is 9.87. The second-order valence-corrected chi connectivity index (χ2v) is 7.94. The van der Waals surface area contributed by atoms with Crippen molar-refractivity contribution in [3.05, 3.63) is 72.3 Å². The zero-order chi connectivity index (χ0) is 19.3. The van der Waals surface area contributed by atoms with Gasteiger partial charge in [0.25, 0.3) is 0 Å². The predicted octanol–water partition coefficient (Wildman–Crippen LogP) is 4.57. The highest BCUT2D eigenvalue weighted by Crippen LogP contribution is 2.40. The van der Waals surface area contributed by atoms with Crippen molar-refractivity contribution >= 4 is 43.1 Å². The summed E-state index contributed by atoms with van der Waals surface area (Å²) in [7, 11) is 0. The van der Waals surface area contributed by atoms with Gasteiger partial charge in [-0.05, 0) is 55.6 Å². The number of fused-ring (bicyclic) bond motifs is 2. The molecule has 0 aliphatic rings. The summed E-state index contributed by atoms with van der Waals surface area (Å²) in [6, 6.07) is 23.8. The maximum Gasteiger partial charge on any atom is 0.0633 e. The molecule has 0 bridgehead atoms. The number of hydrogen-bond donors (Lipinski definition) is 3. The first-order valence-electron chi connectivity index (χ1n) is 9.69. The second kappa shape index (κ2) is 6.42. The zero-order valence-corrected chi connectivity index (χ0v) is 15.9. The molecule has 0 unspecified atom stereocenters. The smallest absolute Gasteiger partial charge is 0.0633 e. The van der Waals surface area contributed by atoms with Crippen LogP contribution in [0.1, 0.15) is 12.5 Å². The monoisotopic (exact) mass is 369 g/mol. The molecular formula is C25H23NO2. The average Bonchev–Trinajstić information content (AvgIpc) is 2.76. The molecule has 140 valence electrons. The summed E-state index contributed by atoms with van der Waals surface area (Å²) in [6.07, 6.45) is 0. The minimum Gasteiger partial charge on any atom is -0.394 e. The number of hydrogen-bond acceptors (Lipinski definition) is 3. The van der Waals surface area contributed by atoms with Gasteiger partial charge in [0.1, 0.15) is 0 Å². The number of nitrogens with one attached hydrogen (secondary N) is 1. The Hall–Kier alpha value is -2.72. The van der Waals surface area contributed by atoms with E-state index in [1.165, 1.54) is 48.7 Å². The Bertz CT molecular complexity index is 1290. The van der Waals surface area contributed by atoms with Crippen LogP contribution in [0, 0.1) is 0 Å². The molecule has 3 N–H and O–H groups in total. The molecule has 3 heteroatoms. The molecule has 5 rings (SSSR count). The summed E-state index contributed by atoms with van der Waals surface area (Å²) >= 11 is 0. The van der Waals surface area contributed by atoms with E-state index in [1.807, 2.05) is 6.92 Å². The average molecular weight is 369 g/mol. The minimum atomic E-state index is -0.717. The highest BCUT2D eigenvalue weighted by atomic mass is 16.3. The Morgan fingerprint density at radius 3 is 2.00 bits per heavy atom. The lowest BCUT2D eigenvalue weighted by Crippen LogP contribution is -2.48. The van der Waals surface area contributed by atoms with E-state index < -0.39 is 5.54 Å². The van der Waals surface area contributed by atoms with E-state index in [4.69, 9.17) is 0 Å². The molecule has 0 atom stereocenters. The van der Waals surface area contributed by atoms with Gasteiger partial charge < -0.3 is 15.5 Å². The van der Waals surface area contributed by atoms with Gasteiger partial charge >= 0.3 is 0 Å².